The molecule has 0 atom stereocenters. The van der Waals surface area contributed by atoms with Gasteiger partial charge in [-0.15, -0.1) is 0 Å². The van der Waals surface area contributed by atoms with E-state index < -0.39 is 10.9 Å². The molecule has 0 spiro atoms. The van der Waals surface area contributed by atoms with Gasteiger partial charge in [0.1, 0.15) is 0 Å². The summed E-state index contributed by atoms with van der Waals surface area (Å²) in [4.78, 5) is 20.8. The largest absolute Gasteiger partial charge is 0.478 e. The van der Waals surface area contributed by atoms with Crippen molar-refractivity contribution in [2.45, 2.75) is 19.9 Å². The van der Waals surface area contributed by atoms with Crippen LogP contribution in [0.2, 0.25) is 0 Å². The van der Waals surface area contributed by atoms with Crippen molar-refractivity contribution in [2.24, 2.45) is 0 Å². The molecule has 1 rings (SSSR count). The molecule has 2 N–H and O–H groups in total. The van der Waals surface area contributed by atoms with Gasteiger partial charge in [0.05, 0.1) is 10.5 Å². The number of nitro benzene ring substituents is 1. The lowest BCUT2D eigenvalue weighted by atomic mass is 10.1. The highest BCUT2D eigenvalue weighted by molar-refractivity contribution is 5.95. The summed E-state index contributed by atoms with van der Waals surface area (Å²) in [6, 6.07) is 3.78. The summed E-state index contributed by atoms with van der Waals surface area (Å²) in [5.41, 5.74) is 0.0581. The Hall–Kier alpha value is -2.11. The lowest BCUT2D eigenvalue weighted by molar-refractivity contribution is -0.384. The topological polar surface area (TPSA) is 92.5 Å². The molecule has 1 aromatic rings. The molecule has 6 heteroatoms. The first-order chi connectivity index (χ1) is 7.41. The van der Waals surface area contributed by atoms with Crippen molar-refractivity contribution in [1.82, 2.24) is 0 Å². The summed E-state index contributed by atoms with van der Waals surface area (Å²) < 4.78 is 0. The molecule has 16 heavy (non-hydrogen) atoms. The summed E-state index contributed by atoms with van der Waals surface area (Å²) in [6.45, 7) is 3.71. The SMILES string of the molecule is CC(C)Nc1ccc([N+](=O)[O-])cc1C(=O)O. The second kappa shape index (κ2) is 4.61. The maximum atomic E-state index is 10.9. The summed E-state index contributed by atoms with van der Waals surface area (Å²) >= 11 is 0. The van der Waals surface area contributed by atoms with Gasteiger partial charge in [0.15, 0.2) is 0 Å². The maximum absolute atomic E-state index is 10.9. The molecule has 1 aromatic carbocycles. The highest BCUT2D eigenvalue weighted by atomic mass is 16.6. The molecule has 0 fully saturated rings. The number of nitrogens with zero attached hydrogens (tertiary/aromatic N) is 1. The van der Waals surface area contributed by atoms with Gasteiger partial charge in [-0.3, -0.25) is 10.1 Å². The molecule has 0 saturated heterocycles. The fourth-order valence-corrected chi connectivity index (χ4v) is 1.26. The predicted molar refractivity (Wildman–Crippen MR) is 58.8 cm³/mol. The van der Waals surface area contributed by atoms with Crippen molar-refractivity contribution in [3.8, 4) is 0 Å². The second-order valence-corrected chi connectivity index (χ2v) is 3.59. The summed E-state index contributed by atoms with van der Waals surface area (Å²) in [7, 11) is 0. The zero-order valence-electron chi connectivity index (χ0n) is 8.93. The van der Waals surface area contributed by atoms with E-state index in [1.54, 1.807) is 0 Å². The van der Waals surface area contributed by atoms with Gasteiger partial charge in [-0.05, 0) is 19.9 Å². The van der Waals surface area contributed by atoms with Gasteiger partial charge < -0.3 is 10.4 Å². The molecule has 0 saturated carbocycles. The van der Waals surface area contributed by atoms with Crippen LogP contribution in [0.4, 0.5) is 11.4 Å². The van der Waals surface area contributed by atoms with Crippen LogP contribution in [0.25, 0.3) is 0 Å². The number of anilines is 1. The molecule has 0 aliphatic rings. The summed E-state index contributed by atoms with van der Waals surface area (Å²) in [6.07, 6.45) is 0. The first kappa shape index (κ1) is 12.0. The average Bonchev–Trinajstić information content (AvgIpc) is 2.16. The third-order valence-electron chi connectivity index (χ3n) is 1.89. The summed E-state index contributed by atoms with van der Waals surface area (Å²) in [5, 5.41) is 22.3. The lowest BCUT2D eigenvalue weighted by Gasteiger charge is -2.12. The number of nitro groups is 1. The molecule has 0 radical (unpaired) electrons. The predicted octanol–water partition coefficient (Wildman–Crippen LogP) is 2.11. The van der Waals surface area contributed by atoms with Gasteiger partial charge in [0.2, 0.25) is 0 Å². The van der Waals surface area contributed by atoms with Gasteiger partial charge in [0, 0.05) is 23.9 Å². The van der Waals surface area contributed by atoms with E-state index in [9.17, 15) is 14.9 Å². The van der Waals surface area contributed by atoms with Crippen LogP contribution >= 0.6 is 0 Å². The minimum atomic E-state index is -1.19. The van der Waals surface area contributed by atoms with Crippen LogP contribution in [0.5, 0.6) is 0 Å². The Morgan fingerprint density at radius 1 is 1.50 bits per heavy atom. The number of rotatable bonds is 4. The van der Waals surface area contributed by atoms with E-state index in [2.05, 4.69) is 5.32 Å². The van der Waals surface area contributed by atoms with Gasteiger partial charge in [-0.25, -0.2) is 4.79 Å². The molecule has 0 heterocycles. The molecule has 6 nitrogen and oxygen atoms in total. The van der Waals surface area contributed by atoms with Crippen LogP contribution in [0, 0.1) is 10.1 Å². The average molecular weight is 224 g/mol. The molecule has 0 aromatic heterocycles. The monoisotopic (exact) mass is 224 g/mol. The first-order valence-electron chi connectivity index (χ1n) is 4.70. The maximum Gasteiger partial charge on any atom is 0.338 e. The third-order valence-corrected chi connectivity index (χ3v) is 1.89. The fraction of sp³-hybridized carbons (Fsp3) is 0.300. The van der Waals surface area contributed by atoms with Gasteiger partial charge in [-0.2, -0.15) is 0 Å². The van der Waals surface area contributed by atoms with Crippen molar-refractivity contribution in [1.29, 1.82) is 0 Å². The Balaban J connectivity index is 3.19. The quantitative estimate of drug-likeness (QED) is 0.603. The Bertz CT molecular complexity index is 429. The van der Waals surface area contributed by atoms with Gasteiger partial charge >= 0.3 is 5.97 Å². The van der Waals surface area contributed by atoms with Crippen molar-refractivity contribution >= 4 is 17.3 Å². The standard InChI is InChI=1S/C10H12N2O4/c1-6(2)11-9-4-3-7(12(15)16)5-8(9)10(13)14/h3-6,11H,1-2H3,(H,13,14). The fourth-order valence-electron chi connectivity index (χ4n) is 1.26. The minimum absolute atomic E-state index is 0.0551. The Morgan fingerprint density at radius 2 is 2.12 bits per heavy atom. The first-order valence-corrected chi connectivity index (χ1v) is 4.70. The molecule has 0 aliphatic carbocycles. The van der Waals surface area contributed by atoms with E-state index >= 15 is 0 Å². The molecule has 86 valence electrons. The number of hydrogen-bond acceptors (Lipinski definition) is 4. The molecular weight excluding hydrogens is 212 g/mol. The highest BCUT2D eigenvalue weighted by Gasteiger charge is 2.16. The Labute approximate surface area is 92.0 Å². The van der Waals surface area contributed by atoms with E-state index in [1.165, 1.54) is 12.1 Å². The normalized spacial score (nSPS) is 10.2. The lowest BCUT2D eigenvalue weighted by Crippen LogP contribution is -2.13. The highest BCUT2D eigenvalue weighted by Crippen LogP contribution is 2.22. The van der Waals surface area contributed by atoms with Crippen molar-refractivity contribution in [2.75, 3.05) is 5.32 Å². The van der Waals surface area contributed by atoms with Crippen molar-refractivity contribution < 1.29 is 14.8 Å². The molecule has 0 aliphatic heterocycles. The number of nitrogens with one attached hydrogen (secondary N) is 1. The Morgan fingerprint density at radius 3 is 2.56 bits per heavy atom. The van der Waals surface area contributed by atoms with E-state index in [1.807, 2.05) is 13.8 Å². The van der Waals surface area contributed by atoms with Crippen LogP contribution in [0.1, 0.15) is 24.2 Å². The number of benzene rings is 1. The molecule has 0 bridgehead atoms. The van der Waals surface area contributed by atoms with E-state index in [0.29, 0.717) is 5.69 Å². The van der Waals surface area contributed by atoms with Crippen LogP contribution in [-0.2, 0) is 0 Å². The zero-order chi connectivity index (χ0) is 12.3. The van der Waals surface area contributed by atoms with Gasteiger partial charge in [-0.1, -0.05) is 0 Å². The van der Waals surface area contributed by atoms with E-state index in [4.69, 9.17) is 5.11 Å². The molecular formula is C10H12N2O4. The number of non-ortho nitro benzene ring substituents is 1. The smallest absolute Gasteiger partial charge is 0.338 e. The van der Waals surface area contributed by atoms with Crippen molar-refractivity contribution in [3.63, 3.8) is 0 Å². The van der Waals surface area contributed by atoms with Crippen molar-refractivity contribution in [3.05, 3.63) is 33.9 Å². The number of aromatic carboxylic acids is 1. The minimum Gasteiger partial charge on any atom is -0.478 e. The van der Waals surface area contributed by atoms with Crippen LogP contribution in [0.15, 0.2) is 18.2 Å². The number of hydrogen-bond donors (Lipinski definition) is 2. The Kier molecular flexibility index (Phi) is 3.44. The molecule has 0 unspecified atom stereocenters. The van der Waals surface area contributed by atoms with Crippen LogP contribution in [-0.4, -0.2) is 22.0 Å². The number of carboxylic acids is 1. The molecule has 0 amide bonds. The second-order valence-electron chi connectivity index (χ2n) is 3.59. The zero-order valence-corrected chi connectivity index (χ0v) is 8.93. The van der Waals surface area contributed by atoms with Gasteiger partial charge in [0.25, 0.3) is 5.69 Å². The number of carboxylic acid groups (broad SMARTS) is 1. The number of carbonyl (C=O) groups is 1. The van der Waals surface area contributed by atoms with Crippen LogP contribution in [0.3, 0.4) is 0 Å². The van der Waals surface area contributed by atoms with E-state index in [-0.39, 0.29) is 17.3 Å². The van der Waals surface area contributed by atoms with E-state index in [0.717, 1.165) is 6.07 Å². The summed E-state index contributed by atoms with van der Waals surface area (Å²) in [5.74, 6) is -1.19. The van der Waals surface area contributed by atoms with Crippen LogP contribution < -0.4 is 5.32 Å². The third kappa shape index (κ3) is 2.69.